The van der Waals surface area contributed by atoms with Crippen LogP contribution in [0, 0.1) is 23.7 Å². The highest BCUT2D eigenvalue weighted by Gasteiger charge is 2.44. The van der Waals surface area contributed by atoms with Crippen molar-refractivity contribution in [2.24, 2.45) is 23.7 Å². The van der Waals surface area contributed by atoms with Crippen molar-refractivity contribution in [3.8, 4) is 0 Å². The Morgan fingerprint density at radius 1 is 0.511 bits per heavy atom. The van der Waals surface area contributed by atoms with Crippen LogP contribution in [-0.4, -0.2) is 80.0 Å². The highest BCUT2D eigenvalue weighted by Crippen LogP contribution is 2.62. The van der Waals surface area contributed by atoms with Crippen molar-refractivity contribution >= 4 is 21.5 Å². The molecular formula is C40H69NO4P2. The van der Waals surface area contributed by atoms with E-state index in [1.807, 2.05) is 0 Å². The Morgan fingerprint density at radius 2 is 0.809 bits per heavy atom. The number of benzene rings is 1. The second kappa shape index (κ2) is 18.3. The van der Waals surface area contributed by atoms with Crippen molar-refractivity contribution in [1.29, 1.82) is 0 Å². The van der Waals surface area contributed by atoms with Crippen LogP contribution in [0.1, 0.15) is 130 Å². The van der Waals surface area contributed by atoms with Crippen LogP contribution < -0.4 is 4.90 Å². The van der Waals surface area contributed by atoms with Crippen molar-refractivity contribution in [3.05, 3.63) is 30.3 Å². The molecule has 0 heterocycles. The van der Waals surface area contributed by atoms with Gasteiger partial charge in [-0.15, -0.1) is 0 Å². The zero-order valence-electron chi connectivity index (χ0n) is 30.2. The molecule has 1 aromatic carbocycles. The van der Waals surface area contributed by atoms with Crippen molar-refractivity contribution in [1.82, 2.24) is 0 Å². The van der Waals surface area contributed by atoms with E-state index in [2.05, 4.69) is 62.9 Å². The van der Waals surface area contributed by atoms with E-state index in [1.165, 1.54) is 31.4 Å². The Balaban J connectivity index is 1.53. The number of nitrogens with zero attached hydrogens (tertiary/aromatic N) is 1. The summed E-state index contributed by atoms with van der Waals surface area (Å²) < 4.78 is 0. The van der Waals surface area contributed by atoms with Crippen LogP contribution in [0.2, 0.25) is 0 Å². The third-order valence-electron chi connectivity index (χ3n) is 13.1. The molecule has 0 aliphatic heterocycles. The fourth-order valence-electron chi connectivity index (χ4n) is 10.9. The first kappa shape index (κ1) is 38.0. The van der Waals surface area contributed by atoms with Gasteiger partial charge in [0.05, 0.1) is 24.4 Å². The van der Waals surface area contributed by atoms with Crippen LogP contribution in [0.25, 0.3) is 0 Å². The predicted molar refractivity (Wildman–Crippen MR) is 202 cm³/mol. The van der Waals surface area contributed by atoms with Crippen LogP contribution in [0.5, 0.6) is 0 Å². The molecule has 47 heavy (non-hydrogen) atoms. The normalized spacial score (nSPS) is 35.1. The summed E-state index contributed by atoms with van der Waals surface area (Å²) in [7, 11) is -0.779. The molecule has 0 aromatic heterocycles. The summed E-state index contributed by atoms with van der Waals surface area (Å²) in [6, 6.07) is 11.3. The van der Waals surface area contributed by atoms with E-state index in [4.69, 9.17) is 0 Å². The van der Waals surface area contributed by atoms with Gasteiger partial charge in [-0.25, -0.2) is 0 Å². The van der Waals surface area contributed by atoms with E-state index in [9.17, 15) is 20.4 Å². The maximum absolute atomic E-state index is 10.7. The first-order chi connectivity index (χ1) is 22.8. The highest BCUT2D eigenvalue weighted by atomic mass is 31.1. The molecule has 0 radical (unpaired) electrons. The first-order valence-electron chi connectivity index (χ1n) is 19.8. The summed E-state index contributed by atoms with van der Waals surface area (Å²) in [5.41, 5.74) is 3.92. The van der Waals surface area contributed by atoms with Gasteiger partial charge in [0.25, 0.3) is 0 Å². The smallest absolute Gasteiger partial charge is 0.0543 e. The molecule has 4 aliphatic rings. The first-order valence-corrected chi connectivity index (χ1v) is 23.1. The Morgan fingerprint density at radius 3 is 1.04 bits per heavy atom. The Labute approximate surface area is 290 Å². The average Bonchev–Trinajstić information content (AvgIpc) is 3.89. The molecule has 4 aliphatic carbocycles. The number of aliphatic hydroxyl groups excluding tert-OH is 4. The molecule has 268 valence electrons. The standard InChI is InChI=1S/C40H69NO4P2/c1-5-37(28-14-18-33(42)22-28)46(38(6-2)29-15-19-34(43)23-29)26-41(32-12-10-9-11-13-32)27-47(39(7-3)30-16-20-35(44)24-30)40(8-4)31-17-21-36(45)25-31/h9-13,28-31,33-40,42-45H,5-8,14-27H2,1-4H3. The van der Waals surface area contributed by atoms with Crippen LogP contribution in [-0.2, 0) is 0 Å². The molecule has 12 atom stereocenters. The molecule has 0 bridgehead atoms. The van der Waals surface area contributed by atoms with Crippen LogP contribution in [0.3, 0.4) is 0 Å². The van der Waals surface area contributed by atoms with Gasteiger partial charge in [-0.3, -0.25) is 0 Å². The van der Waals surface area contributed by atoms with E-state index in [0.29, 0.717) is 46.3 Å². The maximum Gasteiger partial charge on any atom is 0.0543 e. The van der Waals surface area contributed by atoms with Gasteiger partial charge >= 0.3 is 0 Å². The van der Waals surface area contributed by atoms with Crippen LogP contribution in [0.15, 0.2) is 30.3 Å². The predicted octanol–water partition coefficient (Wildman–Crippen LogP) is 9.13. The Kier molecular flexibility index (Phi) is 14.8. The zero-order chi connectivity index (χ0) is 33.5. The Bertz CT molecular complexity index is 930. The van der Waals surface area contributed by atoms with E-state index >= 15 is 0 Å². The van der Waals surface area contributed by atoms with Crippen LogP contribution in [0.4, 0.5) is 5.69 Å². The zero-order valence-corrected chi connectivity index (χ0v) is 32.0. The average molecular weight is 690 g/mol. The van der Waals surface area contributed by atoms with Gasteiger partial charge in [0.2, 0.25) is 0 Å². The number of hydrogen-bond acceptors (Lipinski definition) is 5. The van der Waals surface area contributed by atoms with Crippen molar-refractivity contribution in [2.75, 3.05) is 17.5 Å². The van der Waals surface area contributed by atoms with Gasteiger partial charge in [-0.05, 0) is 161 Å². The quantitative estimate of drug-likeness (QED) is 0.123. The molecule has 0 spiro atoms. The lowest BCUT2D eigenvalue weighted by Gasteiger charge is -2.46. The summed E-state index contributed by atoms with van der Waals surface area (Å²) in [4.78, 5) is 2.85. The number of hydrogen-bond donors (Lipinski definition) is 4. The van der Waals surface area contributed by atoms with Gasteiger partial charge in [-0.2, -0.15) is 0 Å². The van der Waals surface area contributed by atoms with Gasteiger partial charge in [0.1, 0.15) is 0 Å². The largest absolute Gasteiger partial charge is 0.393 e. The number of para-hydroxylation sites is 1. The third kappa shape index (κ3) is 9.54. The molecule has 5 nitrogen and oxygen atoms in total. The monoisotopic (exact) mass is 689 g/mol. The molecule has 4 saturated carbocycles. The minimum absolute atomic E-state index is 0.142. The molecule has 4 fully saturated rings. The molecule has 12 unspecified atom stereocenters. The van der Waals surface area contributed by atoms with E-state index < -0.39 is 0 Å². The van der Waals surface area contributed by atoms with E-state index in [-0.39, 0.29) is 40.3 Å². The third-order valence-corrected chi connectivity index (χ3v) is 21.0. The number of anilines is 1. The second-order valence-electron chi connectivity index (χ2n) is 16.0. The lowest BCUT2D eigenvalue weighted by atomic mass is 10.0. The lowest BCUT2D eigenvalue weighted by molar-refractivity contribution is 0.176. The molecule has 1 aromatic rings. The van der Waals surface area contributed by atoms with Gasteiger partial charge in [-0.1, -0.05) is 61.7 Å². The van der Waals surface area contributed by atoms with Crippen molar-refractivity contribution in [3.63, 3.8) is 0 Å². The number of rotatable bonds is 17. The topological polar surface area (TPSA) is 84.2 Å². The molecule has 4 N–H and O–H groups in total. The second-order valence-corrected chi connectivity index (χ2v) is 21.3. The van der Waals surface area contributed by atoms with E-state index in [0.717, 1.165) is 89.6 Å². The molecular weight excluding hydrogens is 620 g/mol. The molecule has 5 rings (SSSR count). The fourth-order valence-corrected chi connectivity index (χ4v) is 19.3. The minimum Gasteiger partial charge on any atom is -0.393 e. The summed E-state index contributed by atoms with van der Waals surface area (Å²) in [6.45, 7) is 9.66. The SMILES string of the molecule is CCC(C1CCC(O)C1)P(CN(CP(C(CC)C1CCC(O)C1)C(CC)C1CCC(O)C1)c1ccccc1)C(CC)C1CCC(O)C1. The Hall–Kier alpha value is -0.280. The minimum atomic E-state index is -0.389. The fraction of sp³-hybridized carbons (Fsp3) is 0.850. The summed E-state index contributed by atoms with van der Waals surface area (Å²) in [5, 5.41) is 42.8. The summed E-state index contributed by atoms with van der Waals surface area (Å²) in [5.74, 6) is 2.42. The number of aliphatic hydroxyl groups is 4. The van der Waals surface area contributed by atoms with Gasteiger partial charge < -0.3 is 25.3 Å². The van der Waals surface area contributed by atoms with Crippen molar-refractivity contribution < 1.29 is 20.4 Å². The lowest BCUT2D eigenvalue weighted by Crippen LogP contribution is -2.37. The summed E-state index contributed by atoms with van der Waals surface area (Å²) >= 11 is 0. The van der Waals surface area contributed by atoms with Gasteiger partial charge in [0, 0.05) is 18.3 Å². The van der Waals surface area contributed by atoms with Crippen LogP contribution >= 0.6 is 15.8 Å². The molecule has 7 heteroatoms. The molecule has 0 amide bonds. The van der Waals surface area contributed by atoms with Gasteiger partial charge in [0.15, 0.2) is 0 Å². The summed E-state index contributed by atoms with van der Waals surface area (Å²) in [6.07, 6.45) is 18.7. The molecule has 0 saturated heterocycles. The van der Waals surface area contributed by atoms with E-state index in [1.54, 1.807) is 0 Å². The highest BCUT2D eigenvalue weighted by molar-refractivity contribution is 7.60. The maximum atomic E-state index is 10.7. The van der Waals surface area contributed by atoms with Crippen molar-refractivity contribution in [2.45, 2.75) is 177 Å².